The summed E-state index contributed by atoms with van der Waals surface area (Å²) in [4.78, 5) is 0. The number of aryl methyl sites for hydroxylation is 2. The molecule has 1 rings (SSSR count). The van der Waals surface area contributed by atoms with Gasteiger partial charge in [0.05, 0.1) is 6.61 Å². The lowest BCUT2D eigenvalue weighted by Crippen LogP contribution is -2.09. The van der Waals surface area contributed by atoms with Gasteiger partial charge >= 0.3 is 0 Å². The van der Waals surface area contributed by atoms with Gasteiger partial charge in [0.1, 0.15) is 5.75 Å². The molecule has 1 unspecified atom stereocenters. The molecule has 0 heterocycles. The van der Waals surface area contributed by atoms with Crippen LogP contribution in [-0.4, -0.2) is 6.61 Å². The van der Waals surface area contributed by atoms with Crippen LogP contribution in [0.5, 0.6) is 5.75 Å². The maximum Gasteiger partial charge on any atom is 0.125 e. The van der Waals surface area contributed by atoms with Gasteiger partial charge in [0.15, 0.2) is 0 Å². The molecular formula is C18H26O. The fourth-order valence-electron chi connectivity index (χ4n) is 2.35. The van der Waals surface area contributed by atoms with E-state index in [1.165, 1.54) is 16.7 Å². The van der Waals surface area contributed by atoms with E-state index in [0.717, 1.165) is 25.2 Å². The molecule has 0 aliphatic carbocycles. The molecular weight excluding hydrogens is 232 g/mol. The Morgan fingerprint density at radius 1 is 1.26 bits per heavy atom. The normalized spacial score (nSPS) is 12.3. The Labute approximate surface area is 118 Å². The van der Waals surface area contributed by atoms with Crippen LogP contribution < -0.4 is 4.74 Å². The van der Waals surface area contributed by atoms with Crippen molar-refractivity contribution in [3.05, 3.63) is 28.8 Å². The van der Waals surface area contributed by atoms with E-state index >= 15 is 0 Å². The van der Waals surface area contributed by atoms with Crippen molar-refractivity contribution in [3.63, 3.8) is 0 Å². The zero-order valence-electron chi connectivity index (χ0n) is 12.9. The SMILES string of the molecule is C#CCC(CC)c1cc(C)cc(C)c1OCC(C)C. The first kappa shape index (κ1) is 15.6. The maximum absolute atomic E-state index is 6.04. The zero-order chi connectivity index (χ0) is 14.4. The van der Waals surface area contributed by atoms with Crippen molar-refractivity contribution in [1.82, 2.24) is 0 Å². The minimum atomic E-state index is 0.394. The molecule has 0 amide bonds. The second-order valence-electron chi connectivity index (χ2n) is 5.72. The lowest BCUT2D eigenvalue weighted by Gasteiger charge is -2.21. The first-order valence-corrected chi connectivity index (χ1v) is 7.16. The lowest BCUT2D eigenvalue weighted by molar-refractivity contribution is 0.265. The van der Waals surface area contributed by atoms with Gasteiger partial charge in [-0.05, 0) is 43.2 Å². The van der Waals surface area contributed by atoms with Gasteiger partial charge in [-0.15, -0.1) is 12.3 Å². The first-order chi connectivity index (χ1) is 8.99. The van der Waals surface area contributed by atoms with Crippen molar-refractivity contribution in [3.8, 4) is 18.1 Å². The van der Waals surface area contributed by atoms with Crippen LogP contribution in [0.3, 0.4) is 0 Å². The highest BCUT2D eigenvalue weighted by Crippen LogP contribution is 2.35. The summed E-state index contributed by atoms with van der Waals surface area (Å²) in [6, 6.07) is 4.41. The summed E-state index contributed by atoms with van der Waals surface area (Å²) in [6.07, 6.45) is 7.32. The molecule has 1 atom stereocenters. The minimum Gasteiger partial charge on any atom is -0.493 e. The molecule has 1 heteroatoms. The molecule has 104 valence electrons. The molecule has 1 aromatic carbocycles. The number of hydrogen-bond acceptors (Lipinski definition) is 1. The van der Waals surface area contributed by atoms with E-state index in [-0.39, 0.29) is 0 Å². The van der Waals surface area contributed by atoms with E-state index in [1.54, 1.807) is 0 Å². The van der Waals surface area contributed by atoms with E-state index in [0.29, 0.717) is 11.8 Å². The highest BCUT2D eigenvalue weighted by atomic mass is 16.5. The second-order valence-corrected chi connectivity index (χ2v) is 5.72. The zero-order valence-corrected chi connectivity index (χ0v) is 12.9. The molecule has 0 aliphatic rings. The molecule has 1 aromatic rings. The van der Waals surface area contributed by atoms with E-state index < -0.39 is 0 Å². The van der Waals surface area contributed by atoms with Gasteiger partial charge in [0.25, 0.3) is 0 Å². The first-order valence-electron chi connectivity index (χ1n) is 7.16. The Bertz CT molecular complexity index is 451. The average molecular weight is 258 g/mol. The third-order valence-corrected chi connectivity index (χ3v) is 3.31. The van der Waals surface area contributed by atoms with Gasteiger partial charge in [-0.25, -0.2) is 0 Å². The van der Waals surface area contributed by atoms with E-state index in [1.807, 2.05) is 0 Å². The average Bonchev–Trinajstić information content (AvgIpc) is 2.33. The fraction of sp³-hybridized carbons (Fsp3) is 0.556. The maximum atomic E-state index is 6.04. The van der Waals surface area contributed by atoms with Crippen molar-refractivity contribution < 1.29 is 4.74 Å². The highest BCUT2D eigenvalue weighted by molar-refractivity contribution is 5.46. The van der Waals surface area contributed by atoms with E-state index in [9.17, 15) is 0 Å². The number of ether oxygens (including phenoxy) is 1. The summed E-state index contributed by atoms with van der Waals surface area (Å²) in [5.41, 5.74) is 3.77. The van der Waals surface area contributed by atoms with Crippen LogP contribution in [0.2, 0.25) is 0 Å². The Hall–Kier alpha value is -1.42. The van der Waals surface area contributed by atoms with Gasteiger partial charge < -0.3 is 4.74 Å². The minimum absolute atomic E-state index is 0.394. The lowest BCUT2D eigenvalue weighted by atomic mass is 9.90. The Kier molecular flexibility index (Phi) is 5.96. The van der Waals surface area contributed by atoms with Crippen LogP contribution in [-0.2, 0) is 0 Å². The summed E-state index contributed by atoms with van der Waals surface area (Å²) in [6.45, 7) is 11.5. The molecule has 0 saturated carbocycles. The van der Waals surface area contributed by atoms with Crippen molar-refractivity contribution in [1.29, 1.82) is 0 Å². The quantitative estimate of drug-likeness (QED) is 0.662. The fourth-order valence-corrected chi connectivity index (χ4v) is 2.35. The van der Waals surface area contributed by atoms with Gasteiger partial charge in [0, 0.05) is 6.42 Å². The molecule has 0 aliphatic heterocycles. The van der Waals surface area contributed by atoms with Crippen molar-refractivity contribution in [2.45, 2.75) is 53.4 Å². The summed E-state index contributed by atoms with van der Waals surface area (Å²) in [5.74, 6) is 4.76. The van der Waals surface area contributed by atoms with Crippen LogP contribution in [0.15, 0.2) is 12.1 Å². The van der Waals surface area contributed by atoms with Crippen LogP contribution in [0.4, 0.5) is 0 Å². The third kappa shape index (κ3) is 4.31. The Morgan fingerprint density at radius 3 is 2.47 bits per heavy atom. The summed E-state index contributed by atoms with van der Waals surface area (Å²) in [7, 11) is 0. The molecule has 1 nitrogen and oxygen atoms in total. The molecule has 0 aromatic heterocycles. The Balaban J connectivity index is 3.15. The van der Waals surface area contributed by atoms with Crippen molar-refractivity contribution in [2.75, 3.05) is 6.61 Å². The van der Waals surface area contributed by atoms with E-state index in [2.05, 4.69) is 52.7 Å². The predicted molar refractivity (Wildman–Crippen MR) is 82.7 cm³/mol. The molecule has 0 saturated heterocycles. The predicted octanol–water partition coefficient (Wildman–Crippen LogP) is 4.86. The molecule has 0 spiro atoms. The Morgan fingerprint density at radius 2 is 1.95 bits per heavy atom. The smallest absolute Gasteiger partial charge is 0.125 e. The van der Waals surface area contributed by atoms with Gasteiger partial charge in [-0.2, -0.15) is 0 Å². The van der Waals surface area contributed by atoms with Gasteiger partial charge in [0.2, 0.25) is 0 Å². The monoisotopic (exact) mass is 258 g/mol. The second kappa shape index (κ2) is 7.24. The van der Waals surface area contributed by atoms with Crippen LogP contribution in [0.1, 0.15) is 56.2 Å². The van der Waals surface area contributed by atoms with Crippen LogP contribution in [0.25, 0.3) is 0 Å². The number of terminal acetylenes is 1. The highest BCUT2D eigenvalue weighted by Gasteiger charge is 2.17. The molecule has 0 radical (unpaired) electrons. The summed E-state index contributed by atoms with van der Waals surface area (Å²) >= 11 is 0. The number of rotatable bonds is 6. The largest absolute Gasteiger partial charge is 0.493 e. The third-order valence-electron chi connectivity index (χ3n) is 3.31. The van der Waals surface area contributed by atoms with Gasteiger partial charge in [-0.3, -0.25) is 0 Å². The summed E-state index contributed by atoms with van der Waals surface area (Å²) < 4.78 is 6.04. The number of hydrogen-bond donors (Lipinski definition) is 0. The van der Waals surface area contributed by atoms with Crippen molar-refractivity contribution >= 4 is 0 Å². The molecule has 0 fully saturated rings. The van der Waals surface area contributed by atoms with E-state index in [4.69, 9.17) is 11.2 Å². The van der Waals surface area contributed by atoms with Crippen LogP contribution in [0, 0.1) is 32.1 Å². The number of benzene rings is 1. The molecule has 19 heavy (non-hydrogen) atoms. The molecule has 0 N–H and O–H groups in total. The van der Waals surface area contributed by atoms with Gasteiger partial charge in [-0.1, -0.05) is 38.5 Å². The van der Waals surface area contributed by atoms with Crippen LogP contribution >= 0.6 is 0 Å². The molecule has 0 bridgehead atoms. The summed E-state index contributed by atoms with van der Waals surface area (Å²) in [5, 5.41) is 0. The topological polar surface area (TPSA) is 9.23 Å². The standard InChI is InChI=1S/C18H26O/c1-7-9-16(8-2)17-11-14(5)10-15(6)18(17)19-12-13(3)4/h1,10-11,13,16H,8-9,12H2,2-6H3. The van der Waals surface area contributed by atoms with Crippen molar-refractivity contribution in [2.24, 2.45) is 5.92 Å².